The molecule has 0 aliphatic rings. The Morgan fingerprint density at radius 3 is 3.08 bits per heavy atom. The number of benzene rings is 1. The number of thiazole rings is 1. The number of hydrogen-bond donors (Lipinski definition) is 1. The van der Waals surface area contributed by atoms with Gasteiger partial charge in [-0.15, -0.1) is 11.3 Å². The number of rotatable bonds is 6. The van der Waals surface area contributed by atoms with E-state index < -0.39 is 0 Å². The summed E-state index contributed by atoms with van der Waals surface area (Å²) in [6.45, 7) is 2.29. The molecule has 0 saturated carbocycles. The van der Waals surface area contributed by atoms with Gasteiger partial charge in [0.1, 0.15) is 4.88 Å². The second-order valence-electron chi connectivity index (χ2n) is 5.08. The Kier molecular flexibility index (Phi) is 5.37. The Labute approximate surface area is 151 Å². The van der Waals surface area contributed by atoms with Crippen molar-refractivity contribution in [2.24, 2.45) is 0 Å². The molecule has 1 amide bonds. The van der Waals surface area contributed by atoms with E-state index in [2.05, 4.69) is 43.3 Å². The topological polar surface area (TPSA) is 80.9 Å². The van der Waals surface area contributed by atoms with Crippen molar-refractivity contribution in [1.29, 1.82) is 0 Å². The molecule has 0 radical (unpaired) electrons. The molecule has 0 unspecified atom stereocenters. The summed E-state index contributed by atoms with van der Waals surface area (Å²) in [6.07, 6.45) is 3.50. The van der Waals surface area contributed by atoms with Crippen LogP contribution in [-0.2, 0) is 13.0 Å². The number of nitrogens with one attached hydrogen (secondary N) is 1. The Morgan fingerprint density at radius 2 is 2.29 bits per heavy atom. The van der Waals surface area contributed by atoms with Gasteiger partial charge in [-0.2, -0.15) is 4.98 Å². The maximum atomic E-state index is 12.1. The van der Waals surface area contributed by atoms with Crippen LogP contribution in [0.1, 0.15) is 33.8 Å². The van der Waals surface area contributed by atoms with Crippen molar-refractivity contribution in [2.45, 2.75) is 26.3 Å². The molecule has 24 heavy (non-hydrogen) atoms. The van der Waals surface area contributed by atoms with Crippen molar-refractivity contribution in [1.82, 2.24) is 20.4 Å². The average Bonchev–Trinajstić information content (AvgIpc) is 3.22. The lowest BCUT2D eigenvalue weighted by molar-refractivity contribution is 0.0953. The molecule has 6 nitrogen and oxygen atoms in total. The third-order valence-corrected chi connectivity index (χ3v) is 4.74. The fourth-order valence-electron chi connectivity index (χ4n) is 2.06. The number of aromatic nitrogens is 3. The highest BCUT2D eigenvalue weighted by atomic mass is 79.9. The molecule has 2 aromatic heterocycles. The summed E-state index contributed by atoms with van der Waals surface area (Å²) in [5.41, 5.74) is 0.820. The van der Waals surface area contributed by atoms with Crippen LogP contribution in [-0.4, -0.2) is 21.0 Å². The Balaban J connectivity index is 1.61. The Bertz CT molecular complexity index is 846. The summed E-state index contributed by atoms with van der Waals surface area (Å²) < 4.78 is 6.17. The molecule has 8 heteroatoms. The second kappa shape index (κ2) is 7.67. The minimum atomic E-state index is -0.177. The van der Waals surface area contributed by atoms with Crippen molar-refractivity contribution in [3.8, 4) is 11.5 Å². The molecule has 3 aromatic rings. The number of amides is 1. The molecule has 0 saturated heterocycles. The molecule has 0 spiro atoms. The summed E-state index contributed by atoms with van der Waals surface area (Å²) in [5.74, 6) is 0.670. The van der Waals surface area contributed by atoms with Gasteiger partial charge >= 0.3 is 0 Å². The minimum Gasteiger partial charge on any atom is -0.344 e. The van der Waals surface area contributed by atoms with Crippen LogP contribution < -0.4 is 5.32 Å². The molecule has 0 aliphatic heterocycles. The lowest BCUT2D eigenvalue weighted by atomic mass is 10.2. The number of hydrogen-bond acceptors (Lipinski definition) is 6. The first-order valence-electron chi connectivity index (χ1n) is 7.47. The van der Waals surface area contributed by atoms with Crippen molar-refractivity contribution < 1.29 is 9.32 Å². The molecule has 1 N–H and O–H groups in total. The minimum absolute atomic E-state index is 0.177. The molecule has 0 fully saturated rings. The van der Waals surface area contributed by atoms with Crippen LogP contribution in [0.3, 0.4) is 0 Å². The summed E-state index contributed by atoms with van der Waals surface area (Å²) >= 11 is 4.82. The van der Waals surface area contributed by atoms with E-state index in [1.165, 1.54) is 11.3 Å². The van der Waals surface area contributed by atoms with E-state index >= 15 is 0 Å². The lowest BCUT2D eigenvalue weighted by Crippen LogP contribution is -2.22. The van der Waals surface area contributed by atoms with Gasteiger partial charge in [0.2, 0.25) is 0 Å². The molecular formula is C16H15BrN4O2S. The smallest absolute Gasteiger partial charge is 0.263 e. The zero-order valence-electron chi connectivity index (χ0n) is 13.0. The van der Waals surface area contributed by atoms with E-state index in [1.807, 2.05) is 24.3 Å². The van der Waals surface area contributed by atoms with Crippen molar-refractivity contribution in [3.05, 3.63) is 50.6 Å². The first kappa shape index (κ1) is 16.8. The highest BCUT2D eigenvalue weighted by molar-refractivity contribution is 9.10. The van der Waals surface area contributed by atoms with Crippen LogP contribution in [0.4, 0.5) is 0 Å². The van der Waals surface area contributed by atoms with Crippen molar-refractivity contribution >= 4 is 33.2 Å². The first-order valence-corrected chi connectivity index (χ1v) is 9.08. The van der Waals surface area contributed by atoms with E-state index in [1.54, 1.807) is 6.20 Å². The highest BCUT2D eigenvalue weighted by Gasteiger charge is 2.13. The maximum Gasteiger partial charge on any atom is 0.263 e. The van der Waals surface area contributed by atoms with Crippen LogP contribution in [0.5, 0.6) is 0 Å². The van der Waals surface area contributed by atoms with E-state index in [0.29, 0.717) is 16.6 Å². The zero-order chi connectivity index (χ0) is 16.9. The predicted octanol–water partition coefficient (Wildman–Crippen LogP) is 3.84. The first-order chi connectivity index (χ1) is 11.7. The number of carbonyl (C=O) groups excluding carboxylic acids is 1. The summed E-state index contributed by atoms with van der Waals surface area (Å²) in [4.78, 5) is 21.2. The van der Waals surface area contributed by atoms with Crippen LogP contribution in [0.15, 0.2) is 39.5 Å². The summed E-state index contributed by atoms with van der Waals surface area (Å²) in [5, 5.41) is 7.65. The van der Waals surface area contributed by atoms with Gasteiger partial charge < -0.3 is 9.84 Å². The Hall–Kier alpha value is -2.06. The molecular weight excluding hydrogens is 392 g/mol. The number of aryl methyl sites for hydroxylation is 1. The van der Waals surface area contributed by atoms with E-state index in [4.69, 9.17) is 4.52 Å². The molecule has 3 rings (SSSR count). The second-order valence-corrected chi connectivity index (χ2v) is 7.11. The molecule has 0 aliphatic carbocycles. The molecule has 1 aromatic carbocycles. The molecule has 2 heterocycles. The SMILES string of the molecule is CCCc1ncc(C(=O)NCc2noc(-c3cccc(Br)c3)n2)s1. The van der Waals surface area contributed by atoms with Gasteiger partial charge in [-0.3, -0.25) is 4.79 Å². The summed E-state index contributed by atoms with van der Waals surface area (Å²) in [6, 6.07) is 7.58. The zero-order valence-corrected chi connectivity index (χ0v) is 15.4. The third-order valence-electron chi connectivity index (χ3n) is 3.19. The van der Waals surface area contributed by atoms with E-state index in [0.717, 1.165) is 27.9 Å². The van der Waals surface area contributed by atoms with Gasteiger partial charge in [-0.05, 0) is 31.0 Å². The number of nitrogens with zero attached hydrogens (tertiary/aromatic N) is 3. The third kappa shape index (κ3) is 4.07. The van der Waals surface area contributed by atoms with Gasteiger partial charge in [0.05, 0.1) is 17.7 Å². The van der Waals surface area contributed by atoms with Crippen LogP contribution in [0, 0.1) is 0 Å². The predicted molar refractivity (Wildman–Crippen MR) is 94.7 cm³/mol. The van der Waals surface area contributed by atoms with Gasteiger partial charge in [0.15, 0.2) is 5.82 Å². The van der Waals surface area contributed by atoms with Gasteiger partial charge in [-0.1, -0.05) is 34.1 Å². The van der Waals surface area contributed by atoms with Crippen LogP contribution >= 0.6 is 27.3 Å². The lowest BCUT2D eigenvalue weighted by Gasteiger charge is -1.98. The summed E-state index contributed by atoms with van der Waals surface area (Å²) in [7, 11) is 0. The fraction of sp³-hybridized carbons (Fsp3) is 0.250. The molecule has 0 atom stereocenters. The monoisotopic (exact) mass is 406 g/mol. The quantitative estimate of drug-likeness (QED) is 0.672. The fourth-order valence-corrected chi connectivity index (χ4v) is 3.39. The van der Waals surface area contributed by atoms with Crippen molar-refractivity contribution in [2.75, 3.05) is 0 Å². The van der Waals surface area contributed by atoms with E-state index in [9.17, 15) is 4.79 Å². The largest absolute Gasteiger partial charge is 0.344 e. The van der Waals surface area contributed by atoms with Crippen LogP contribution in [0.2, 0.25) is 0 Å². The molecule has 124 valence electrons. The number of carbonyl (C=O) groups is 1. The van der Waals surface area contributed by atoms with Gasteiger partial charge in [0.25, 0.3) is 11.8 Å². The average molecular weight is 407 g/mol. The number of halogens is 1. The van der Waals surface area contributed by atoms with E-state index in [-0.39, 0.29) is 12.5 Å². The van der Waals surface area contributed by atoms with Gasteiger partial charge in [0, 0.05) is 10.0 Å². The Morgan fingerprint density at radius 1 is 1.42 bits per heavy atom. The van der Waals surface area contributed by atoms with Crippen LogP contribution in [0.25, 0.3) is 11.5 Å². The van der Waals surface area contributed by atoms with Crippen molar-refractivity contribution in [3.63, 3.8) is 0 Å². The maximum absolute atomic E-state index is 12.1. The standard InChI is InChI=1S/C16H15BrN4O2S/c1-2-4-14-18-8-12(24-14)15(22)19-9-13-20-16(23-21-13)10-5-3-6-11(17)7-10/h3,5-8H,2,4,9H2,1H3,(H,19,22). The normalized spacial score (nSPS) is 10.8. The molecule has 0 bridgehead atoms. The highest BCUT2D eigenvalue weighted by Crippen LogP contribution is 2.21. The van der Waals surface area contributed by atoms with Gasteiger partial charge in [-0.25, -0.2) is 4.98 Å².